The molecule has 1 amide bonds. The molecular weight excluding hydrogens is 373 g/mol. The van der Waals surface area contributed by atoms with Crippen molar-refractivity contribution in [3.63, 3.8) is 0 Å². The maximum absolute atomic E-state index is 13.1. The summed E-state index contributed by atoms with van der Waals surface area (Å²) < 4.78 is 46.0. The third-order valence-corrected chi connectivity index (χ3v) is 5.76. The maximum Gasteiger partial charge on any atom is 0.262 e. The lowest BCUT2D eigenvalue weighted by molar-refractivity contribution is -0.118. The van der Waals surface area contributed by atoms with Crippen LogP contribution in [0.1, 0.15) is 0 Å². The number of sulfonamides is 1. The van der Waals surface area contributed by atoms with Gasteiger partial charge in [0.05, 0.1) is 17.7 Å². The summed E-state index contributed by atoms with van der Waals surface area (Å²) in [4.78, 5) is 14.6. The van der Waals surface area contributed by atoms with Crippen LogP contribution in [-0.4, -0.2) is 53.0 Å². The highest BCUT2D eigenvalue weighted by molar-refractivity contribution is 7.92. The molecule has 0 atom stereocenters. The van der Waals surface area contributed by atoms with Gasteiger partial charge in [-0.1, -0.05) is 0 Å². The third-order valence-electron chi connectivity index (χ3n) is 4.38. The van der Waals surface area contributed by atoms with Gasteiger partial charge in [-0.3, -0.25) is 9.52 Å². The minimum Gasteiger partial charge on any atom is -0.495 e. The number of rotatable bonds is 6. The highest BCUT2D eigenvalue weighted by Gasteiger charge is 2.20. The first-order chi connectivity index (χ1) is 12.9. The summed E-state index contributed by atoms with van der Waals surface area (Å²) in [6.07, 6.45) is 0.827. The van der Waals surface area contributed by atoms with E-state index in [2.05, 4.69) is 9.62 Å². The Morgan fingerprint density at radius 2 is 1.74 bits per heavy atom. The van der Waals surface area contributed by atoms with Crippen molar-refractivity contribution in [1.29, 1.82) is 0 Å². The van der Waals surface area contributed by atoms with Crippen LogP contribution in [-0.2, 0) is 14.8 Å². The number of hydrogen-bond acceptors (Lipinski definition) is 5. The van der Waals surface area contributed by atoms with Crippen LogP contribution in [0.3, 0.4) is 0 Å². The number of carbonyl (C=O) groups excluding carboxylic acids is 1. The molecule has 1 aliphatic heterocycles. The van der Waals surface area contributed by atoms with Crippen LogP contribution in [0.15, 0.2) is 47.4 Å². The topological polar surface area (TPSA) is 79.0 Å². The van der Waals surface area contributed by atoms with Crippen LogP contribution in [0, 0.1) is 5.82 Å². The van der Waals surface area contributed by atoms with E-state index in [0.717, 1.165) is 24.2 Å². The molecule has 9 heteroatoms. The molecule has 1 saturated heterocycles. The van der Waals surface area contributed by atoms with E-state index in [9.17, 15) is 17.6 Å². The van der Waals surface area contributed by atoms with Crippen molar-refractivity contribution < 1.29 is 22.3 Å². The molecule has 7 nitrogen and oxygen atoms in total. The van der Waals surface area contributed by atoms with Gasteiger partial charge in [0, 0.05) is 31.9 Å². The van der Waals surface area contributed by atoms with Crippen molar-refractivity contribution in [1.82, 2.24) is 4.90 Å². The SMILES string of the molecule is COc1ccc(N2CCN(C=O)CC2)cc1NS(=O)(=O)c1ccc(F)cc1. The van der Waals surface area contributed by atoms with Crippen molar-refractivity contribution >= 4 is 27.8 Å². The number of anilines is 2. The Morgan fingerprint density at radius 1 is 1.07 bits per heavy atom. The number of halogens is 1. The standard InChI is InChI=1S/C18H20FN3O4S/c1-26-18-7-4-15(22-10-8-21(13-23)9-11-22)12-17(18)20-27(24,25)16-5-2-14(19)3-6-16/h2-7,12-13,20H,8-11H2,1H3. The van der Waals surface area contributed by atoms with E-state index in [1.54, 1.807) is 17.0 Å². The minimum atomic E-state index is -3.89. The summed E-state index contributed by atoms with van der Waals surface area (Å²) in [5, 5.41) is 0. The summed E-state index contributed by atoms with van der Waals surface area (Å²) in [6, 6.07) is 9.80. The number of methoxy groups -OCH3 is 1. The highest BCUT2D eigenvalue weighted by atomic mass is 32.2. The van der Waals surface area contributed by atoms with Crippen LogP contribution < -0.4 is 14.4 Å². The van der Waals surface area contributed by atoms with Gasteiger partial charge in [-0.2, -0.15) is 0 Å². The number of nitrogens with one attached hydrogen (secondary N) is 1. The Hall–Kier alpha value is -2.81. The number of piperazine rings is 1. The number of carbonyl (C=O) groups is 1. The average Bonchev–Trinajstić information content (AvgIpc) is 2.68. The molecule has 0 saturated carbocycles. The van der Waals surface area contributed by atoms with Crippen LogP contribution >= 0.6 is 0 Å². The second kappa shape index (κ2) is 7.83. The first-order valence-electron chi connectivity index (χ1n) is 8.33. The lowest BCUT2D eigenvalue weighted by Gasteiger charge is -2.34. The normalized spacial score (nSPS) is 14.7. The zero-order valence-electron chi connectivity index (χ0n) is 14.8. The van der Waals surface area contributed by atoms with Gasteiger partial charge in [-0.25, -0.2) is 12.8 Å². The third kappa shape index (κ3) is 4.30. The molecule has 0 bridgehead atoms. The average molecular weight is 393 g/mol. The molecule has 144 valence electrons. The van der Waals surface area contributed by atoms with Crippen LogP contribution in [0.5, 0.6) is 5.75 Å². The van der Waals surface area contributed by atoms with Gasteiger partial charge in [-0.15, -0.1) is 0 Å². The van der Waals surface area contributed by atoms with Crippen molar-refractivity contribution in [2.24, 2.45) is 0 Å². The van der Waals surface area contributed by atoms with Gasteiger partial charge in [-0.05, 0) is 42.5 Å². The number of hydrogen-bond donors (Lipinski definition) is 1. The molecule has 0 radical (unpaired) electrons. The Balaban J connectivity index is 1.85. The molecule has 0 aromatic heterocycles. The molecule has 0 spiro atoms. The van der Waals surface area contributed by atoms with Gasteiger partial charge in [0.25, 0.3) is 10.0 Å². The molecule has 27 heavy (non-hydrogen) atoms. The van der Waals surface area contributed by atoms with Crippen molar-refractivity contribution in [2.75, 3.05) is 42.9 Å². The number of nitrogens with zero attached hydrogens (tertiary/aromatic N) is 2. The molecule has 0 unspecified atom stereocenters. The van der Waals surface area contributed by atoms with Gasteiger partial charge in [0.1, 0.15) is 11.6 Å². The number of ether oxygens (including phenoxy) is 1. The molecule has 1 N–H and O–H groups in total. The second-order valence-electron chi connectivity index (χ2n) is 6.07. The summed E-state index contributed by atoms with van der Waals surface area (Å²) in [5.41, 5.74) is 1.11. The summed E-state index contributed by atoms with van der Waals surface area (Å²) >= 11 is 0. The first kappa shape index (κ1) is 19.0. The highest BCUT2D eigenvalue weighted by Crippen LogP contribution is 2.32. The van der Waals surface area contributed by atoms with Crippen LogP contribution in [0.4, 0.5) is 15.8 Å². The zero-order chi connectivity index (χ0) is 19.4. The van der Waals surface area contributed by atoms with E-state index in [4.69, 9.17) is 4.74 Å². The Bertz CT molecular complexity index is 911. The predicted molar refractivity (Wildman–Crippen MR) is 100 cm³/mol. The summed E-state index contributed by atoms with van der Waals surface area (Å²) in [5.74, 6) is -0.140. The molecule has 2 aromatic carbocycles. The molecule has 3 rings (SSSR count). The van der Waals surface area contributed by atoms with E-state index < -0.39 is 15.8 Å². The monoisotopic (exact) mass is 393 g/mol. The zero-order valence-corrected chi connectivity index (χ0v) is 15.6. The van der Waals surface area contributed by atoms with Crippen molar-refractivity contribution in [2.45, 2.75) is 4.90 Å². The van der Waals surface area contributed by atoms with E-state index in [-0.39, 0.29) is 10.6 Å². The number of benzene rings is 2. The molecule has 0 aliphatic carbocycles. The van der Waals surface area contributed by atoms with Gasteiger partial charge >= 0.3 is 0 Å². The van der Waals surface area contributed by atoms with Crippen molar-refractivity contribution in [3.8, 4) is 5.75 Å². The van der Waals surface area contributed by atoms with Gasteiger partial charge in [0.15, 0.2) is 0 Å². The first-order valence-corrected chi connectivity index (χ1v) is 9.82. The predicted octanol–water partition coefficient (Wildman–Crippen LogP) is 1.91. The Labute approximate surface area is 157 Å². The minimum absolute atomic E-state index is 0.0454. The molecule has 1 aliphatic rings. The molecule has 1 fully saturated rings. The summed E-state index contributed by atoms with van der Waals surface area (Å²) in [7, 11) is -2.44. The fraction of sp³-hybridized carbons (Fsp3) is 0.278. The number of amides is 1. The maximum atomic E-state index is 13.1. The van der Waals surface area contributed by atoms with E-state index >= 15 is 0 Å². The van der Waals surface area contributed by atoms with Crippen LogP contribution in [0.2, 0.25) is 0 Å². The van der Waals surface area contributed by atoms with Crippen molar-refractivity contribution in [3.05, 3.63) is 48.3 Å². The second-order valence-corrected chi connectivity index (χ2v) is 7.75. The van der Waals surface area contributed by atoms with Crippen LogP contribution in [0.25, 0.3) is 0 Å². The molecular formula is C18H20FN3O4S. The van der Waals surface area contributed by atoms with E-state index in [1.807, 2.05) is 6.07 Å². The van der Waals surface area contributed by atoms with Gasteiger partial charge in [0.2, 0.25) is 6.41 Å². The van der Waals surface area contributed by atoms with Gasteiger partial charge < -0.3 is 14.5 Å². The Morgan fingerprint density at radius 3 is 2.33 bits per heavy atom. The summed E-state index contributed by atoms with van der Waals surface area (Å²) in [6.45, 7) is 2.50. The molecule has 1 heterocycles. The fourth-order valence-electron chi connectivity index (χ4n) is 2.88. The smallest absolute Gasteiger partial charge is 0.262 e. The fourth-order valence-corrected chi connectivity index (χ4v) is 3.94. The Kier molecular flexibility index (Phi) is 5.50. The largest absolute Gasteiger partial charge is 0.495 e. The quantitative estimate of drug-likeness (QED) is 0.759. The lowest BCUT2D eigenvalue weighted by Crippen LogP contribution is -2.45. The lowest BCUT2D eigenvalue weighted by atomic mass is 10.2. The molecule has 2 aromatic rings. The van der Waals surface area contributed by atoms with E-state index in [0.29, 0.717) is 31.9 Å². The van der Waals surface area contributed by atoms with E-state index in [1.165, 1.54) is 19.2 Å².